The molecule has 0 bridgehead atoms. The summed E-state index contributed by atoms with van der Waals surface area (Å²) in [5.74, 6) is -0.237. The number of rotatable bonds is 8. The van der Waals surface area contributed by atoms with Crippen LogP contribution < -0.4 is 0 Å². The fraction of sp³-hybridized carbons (Fsp3) is 0.364. The van der Waals surface area contributed by atoms with Gasteiger partial charge in [0.2, 0.25) is 0 Å². The third-order valence-electron chi connectivity index (χ3n) is 5.27. The molecule has 154 valence electrons. The topological polar surface area (TPSA) is 70.4 Å². The van der Waals surface area contributed by atoms with Crippen molar-refractivity contribution in [2.45, 2.75) is 37.5 Å². The lowest BCUT2D eigenvalue weighted by Crippen LogP contribution is -2.14. The van der Waals surface area contributed by atoms with Crippen molar-refractivity contribution in [1.82, 2.24) is 4.98 Å². The van der Waals surface area contributed by atoms with Crippen LogP contribution in [0.4, 0.5) is 0 Å². The largest absolute Gasteiger partial charge is 0.507 e. The summed E-state index contributed by atoms with van der Waals surface area (Å²) >= 11 is 14.1. The van der Waals surface area contributed by atoms with Gasteiger partial charge in [0, 0.05) is 10.3 Å². The van der Waals surface area contributed by atoms with Crippen LogP contribution in [-0.2, 0) is 6.42 Å². The molecule has 7 heteroatoms. The first-order valence-corrected chi connectivity index (χ1v) is 11.2. The number of thiophene rings is 1. The number of aromatic nitrogens is 1. The molecule has 29 heavy (non-hydrogen) atoms. The maximum Gasteiger partial charge on any atom is 0.354 e. The molecule has 1 aliphatic rings. The van der Waals surface area contributed by atoms with Crippen molar-refractivity contribution in [3.8, 4) is 0 Å². The molecule has 1 saturated carbocycles. The Balaban J connectivity index is 1.61. The van der Waals surface area contributed by atoms with Gasteiger partial charge in [0.25, 0.3) is 0 Å². The van der Waals surface area contributed by atoms with E-state index in [1.54, 1.807) is 17.4 Å². The molecule has 0 spiro atoms. The molecule has 3 atom stereocenters. The first-order valence-electron chi connectivity index (χ1n) is 9.53. The number of carboxylic acids is 1. The third-order valence-corrected chi connectivity index (χ3v) is 7.20. The molecule has 1 unspecified atom stereocenters. The molecular weight excluding hydrogens is 429 g/mol. The van der Waals surface area contributed by atoms with Gasteiger partial charge < -0.3 is 10.2 Å². The van der Waals surface area contributed by atoms with Crippen LogP contribution in [0.5, 0.6) is 0 Å². The number of hydrogen-bond acceptors (Lipinski definition) is 4. The first kappa shape index (κ1) is 21.9. The number of pyridine rings is 1. The molecule has 3 rings (SSSR count). The molecule has 2 heterocycles. The lowest BCUT2D eigenvalue weighted by Gasteiger charge is -2.19. The molecule has 2 N–H and O–H groups in total. The van der Waals surface area contributed by atoms with Gasteiger partial charge in [-0.1, -0.05) is 30.3 Å². The van der Waals surface area contributed by atoms with Crippen LogP contribution >= 0.6 is 34.5 Å². The smallest absolute Gasteiger partial charge is 0.354 e. The second-order valence-corrected chi connectivity index (χ2v) is 9.41. The summed E-state index contributed by atoms with van der Waals surface area (Å²) in [6.07, 6.45) is 9.05. The summed E-state index contributed by atoms with van der Waals surface area (Å²) in [6.45, 7) is 3.56. The Kier molecular flexibility index (Phi) is 7.38. The Morgan fingerprint density at radius 1 is 1.31 bits per heavy atom. The maximum absolute atomic E-state index is 11.2. The molecule has 2 aromatic heterocycles. The van der Waals surface area contributed by atoms with Gasteiger partial charge in [0.1, 0.15) is 10.9 Å². The maximum atomic E-state index is 11.2. The minimum atomic E-state index is -1.09. The Morgan fingerprint density at radius 2 is 2.10 bits per heavy atom. The molecule has 4 nitrogen and oxygen atoms in total. The van der Waals surface area contributed by atoms with E-state index in [1.165, 1.54) is 10.9 Å². The van der Waals surface area contributed by atoms with Crippen LogP contribution in [0.1, 0.15) is 51.5 Å². The van der Waals surface area contributed by atoms with Gasteiger partial charge in [0.05, 0.1) is 4.88 Å². The summed E-state index contributed by atoms with van der Waals surface area (Å²) < 4.78 is 0. The molecular formula is C22H23Cl2NO3S. The number of allylic oxidation sites excluding steroid dienone is 1. The van der Waals surface area contributed by atoms with E-state index >= 15 is 0 Å². The van der Waals surface area contributed by atoms with Gasteiger partial charge in [0.15, 0.2) is 5.69 Å². The quantitative estimate of drug-likeness (QED) is 0.266. The van der Waals surface area contributed by atoms with Gasteiger partial charge in [-0.25, -0.2) is 9.78 Å². The van der Waals surface area contributed by atoms with Gasteiger partial charge in [-0.15, -0.1) is 22.9 Å². The molecule has 2 aromatic rings. The Bertz CT molecular complexity index is 925. The molecule has 1 fully saturated rings. The van der Waals surface area contributed by atoms with E-state index in [2.05, 4.69) is 17.6 Å². The minimum absolute atomic E-state index is 0.0591. The molecule has 0 aliphatic heterocycles. The fourth-order valence-corrected chi connectivity index (χ4v) is 5.39. The SMILES string of the molecule is C=C(O)c1ccc(CCC[C@H]2C(Cl)CC[C@@H]2/C=C/c2cc(Cl)nc(C(=O)O)c2)s1. The van der Waals surface area contributed by atoms with E-state index in [1.807, 2.05) is 18.2 Å². The highest BCUT2D eigenvalue weighted by molar-refractivity contribution is 7.13. The van der Waals surface area contributed by atoms with Gasteiger partial charge in [-0.2, -0.15) is 0 Å². The van der Waals surface area contributed by atoms with Crippen LogP contribution in [0.2, 0.25) is 5.15 Å². The fourth-order valence-electron chi connectivity index (χ4n) is 3.82. The number of aliphatic hydroxyl groups is 1. The van der Waals surface area contributed by atoms with Crippen molar-refractivity contribution in [2.24, 2.45) is 11.8 Å². The summed E-state index contributed by atoms with van der Waals surface area (Å²) in [5, 5.41) is 18.9. The van der Waals surface area contributed by atoms with Gasteiger partial charge in [-0.05, 0) is 73.8 Å². The van der Waals surface area contributed by atoms with Crippen LogP contribution in [0, 0.1) is 11.8 Å². The predicted octanol–water partition coefficient (Wildman–Crippen LogP) is 6.69. The second-order valence-electron chi connectivity index (χ2n) is 7.30. The Morgan fingerprint density at radius 3 is 2.79 bits per heavy atom. The normalized spacial score (nSPS) is 21.7. The average Bonchev–Trinajstić information content (AvgIpc) is 3.27. The zero-order valence-corrected chi connectivity index (χ0v) is 18.2. The van der Waals surface area contributed by atoms with Crippen LogP contribution in [0.3, 0.4) is 0 Å². The first-order chi connectivity index (χ1) is 13.8. The van der Waals surface area contributed by atoms with E-state index < -0.39 is 5.97 Å². The van der Waals surface area contributed by atoms with Crippen molar-refractivity contribution < 1.29 is 15.0 Å². The molecule has 0 aromatic carbocycles. The average molecular weight is 452 g/mol. The van der Waals surface area contributed by atoms with Gasteiger partial charge in [-0.3, -0.25) is 0 Å². The van der Waals surface area contributed by atoms with E-state index in [0.29, 0.717) is 11.8 Å². The molecule has 1 aliphatic carbocycles. The van der Waals surface area contributed by atoms with E-state index in [4.69, 9.17) is 28.3 Å². The van der Waals surface area contributed by atoms with Crippen molar-refractivity contribution in [2.75, 3.05) is 0 Å². The minimum Gasteiger partial charge on any atom is -0.507 e. The van der Waals surface area contributed by atoms with Crippen LogP contribution in [-0.4, -0.2) is 26.5 Å². The van der Waals surface area contributed by atoms with E-state index in [-0.39, 0.29) is 22.0 Å². The standard InChI is InChI=1S/C22H23Cl2NO3S/c1-13(26)20-10-8-16(29-20)3-2-4-17-15(7-9-18(17)23)6-5-14-11-19(22(27)28)25-21(24)12-14/h5-6,8,10-12,15,17-18,26H,1-4,7,9H2,(H,27,28)/b6-5+/t15-,17+,18?/m0/s1. The summed E-state index contributed by atoms with van der Waals surface area (Å²) in [6, 6.07) is 7.13. The Hall–Kier alpha value is -1.82. The number of nitrogens with zero attached hydrogens (tertiary/aromatic N) is 1. The molecule has 0 saturated heterocycles. The lowest BCUT2D eigenvalue weighted by atomic mass is 9.90. The van der Waals surface area contributed by atoms with Gasteiger partial charge >= 0.3 is 5.97 Å². The lowest BCUT2D eigenvalue weighted by molar-refractivity contribution is 0.0690. The third kappa shape index (κ3) is 5.84. The summed E-state index contributed by atoms with van der Waals surface area (Å²) in [7, 11) is 0. The highest BCUT2D eigenvalue weighted by atomic mass is 35.5. The number of aryl methyl sites for hydroxylation is 1. The molecule has 0 amide bonds. The Labute approximate surface area is 184 Å². The summed E-state index contributed by atoms with van der Waals surface area (Å²) in [5.41, 5.74) is 0.672. The molecule has 0 radical (unpaired) electrons. The van der Waals surface area contributed by atoms with Crippen LogP contribution in [0.15, 0.2) is 36.9 Å². The number of carboxylic acid groups (broad SMARTS) is 1. The van der Waals surface area contributed by atoms with Crippen molar-refractivity contribution in [3.05, 3.63) is 63.1 Å². The zero-order chi connectivity index (χ0) is 21.0. The number of aromatic carboxylic acids is 1. The number of hydrogen-bond donors (Lipinski definition) is 2. The summed E-state index contributed by atoms with van der Waals surface area (Å²) in [4.78, 5) is 17.0. The zero-order valence-electron chi connectivity index (χ0n) is 15.9. The van der Waals surface area contributed by atoms with E-state index in [0.717, 1.165) is 42.5 Å². The highest BCUT2D eigenvalue weighted by Gasteiger charge is 2.32. The number of halogens is 2. The second kappa shape index (κ2) is 9.79. The number of alkyl halides is 1. The van der Waals surface area contributed by atoms with Crippen LogP contribution in [0.25, 0.3) is 11.8 Å². The highest BCUT2D eigenvalue weighted by Crippen LogP contribution is 2.40. The van der Waals surface area contributed by atoms with Crippen molar-refractivity contribution in [1.29, 1.82) is 0 Å². The number of carbonyl (C=O) groups is 1. The monoisotopic (exact) mass is 451 g/mol. The van der Waals surface area contributed by atoms with Crippen molar-refractivity contribution in [3.63, 3.8) is 0 Å². The number of aliphatic hydroxyl groups excluding tert-OH is 1. The predicted molar refractivity (Wildman–Crippen MR) is 120 cm³/mol. The van der Waals surface area contributed by atoms with Crippen molar-refractivity contribution >= 4 is 52.3 Å². The van der Waals surface area contributed by atoms with E-state index in [9.17, 15) is 9.90 Å².